The van der Waals surface area contributed by atoms with Crippen LogP contribution in [0.1, 0.15) is 23.2 Å². The molecule has 0 spiro atoms. The van der Waals surface area contributed by atoms with E-state index < -0.39 is 0 Å². The first-order chi connectivity index (χ1) is 10.2. The van der Waals surface area contributed by atoms with Gasteiger partial charge in [0.1, 0.15) is 12.1 Å². The van der Waals surface area contributed by atoms with Gasteiger partial charge in [-0.3, -0.25) is 14.2 Å². The van der Waals surface area contributed by atoms with Crippen LogP contribution in [-0.2, 0) is 9.53 Å². The van der Waals surface area contributed by atoms with E-state index in [9.17, 15) is 9.59 Å². The number of esters is 1. The van der Waals surface area contributed by atoms with E-state index in [-0.39, 0.29) is 18.3 Å². The second-order valence-electron chi connectivity index (χ2n) is 4.31. The Hall–Kier alpha value is -2.70. The Morgan fingerprint density at radius 2 is 2.24 bits per heavy atom. The van der Waals surface area contributed by atoms with E-state index in [1.165, 1.54) is 13.3 Å². The summed E-state index contributed by atoms with van der Waals surface area (Å²) in [6.45, 7) is 0.414. The molecule has 0 unspecified atom stereocenters. The van der Waals surface area contributed by atoms with Gasteiger partial charge in [0, 0.05) is 31.6 Å². The van der Waals surface area contributed by atoms with E-state index in [2.05, 4.69) is 20.0 Å². The summed E-state index contributed by atoms with van der Waals surface area (Å²) < 4.78 is 6.27. The van der Waals surface area contributed by atoms with Crippen LogP contribution in [0.5, 0.6) is 0 Å². The van der Waals surface area contributed by atoms with Gasteiger partial charge in [-0.1, -0.05) is 0 Å². The molecular formula is C14H16N4O3. The van der Waals surface area contributed by atoms with Gasteiger partial charge in [-0.05, 0) is 18.6 Å². The lowest BCUT2D eigenvalue weighted by atomic mass is 10.2. The predicted octanol–water partition coefficient (Wildman–Crippen LogP) is 0.950. The zero-order valence-corrected chi connectivity index (χ0v) is 11.7. The Morgan fingerprint density at radius 1 is 1.38 bits per heavy atom. The van der Waals surface area contributed by atoms with E-state index in [0.29, 0.717) is 24.3 Å². The molecule has 0 aliphatic carbocycles. The van der Waals surface area contributed by atoms with Crippen LogP contribution < -0.4 is 5.32 Å². The molecule has 110 valence electrons. The van der Waals surface area contributed by atoms with Crippen LogP contribution in [0.4, 0.5) is 0 Å². The average molecular weight is 288 g/mol. The Kier molecular flexibility index (Phi) is 5.03. The van der Waals surface area contributed by atoms with Crippen molar-refractivity contribution in [2.75, 3.05) is 13.7 Å². The molecule has 1 amide bonds. The minimum Gasteiger partial charge on any atom is -0.469 e. The third-order valence-electron chi connectivity index (χ3n) is 2.85. The predicted molar refractivity (Wildman–Crippen MR) is 74.9 cm³/mol. The summed E-state index contributed by atoms with van der Waals surface area (Å²) in [5, 5.41) is 2.73. The van der Waals surface area contributed by atoms with Gasteiger partial charge in [0.25, 0.3) is 5.91 Å². The number of nitrogens with zero attached hydrogens (tertiary/aromatic N) is 3. The maximum absolute atomic E-state index is 11.9. The molecule has 0 aromatic carbocycles. The molecule has 2 aromatic heterocycles. The molecule has 0 saturated heterocycles. The number of amides is 1. The highest BCUT2D eigenvalue weighted by Crippen LogP contribution is 2.05. The summed E-state index contributed by atoms with van der Waals surface area (Å²) >= 11 is 0. The zero-order chi connectivity index (χ0) is 15.1. The summed E-state index contributed by atoms with van der Waals surface area (Å²) in [6.07, 6.45) is 7.39. The van der Waals surface area contributed by atoms with Crippen LogP contribution in [-0.4, -0.2) is 40.1 Å². The molecule has 21 heavy (non-hydrogen) atoms. The van der Waals surface area contributed by atoms with Crippen molar-refractivity contribution >= 4 is 11.9 Å². The van der Waals surface area contributed by atoms with Gasteiger partial charge < -0.3 is 10.1 Å². The number of pyridine rings is 1. The fraction of sp³-hybridized carbons (Fsp3) is 0.286. The fourth-order valence-corrected chi connectivity index (χ4v) is 1.71. The van der Waals surface area contributed by atoms with Crippen LogP contribution in [0.3, 0.4) is 0 Å². The number of aromatic nitrogens is 3. The average Bonchev–Trinajstić information content (AvgIpc) is 3.05. The van der Waals surface area contributed by atoms with Crippen LogP contribution in [0.2, 0.25) is 0 Å². The minimum atomic E-state index is -0.282. The number of nitrogens with one attached hydrogen (secondary N) is 1. The summed E-state index contributed by atoms with van der Waals surface area (Å²) in [5.41, 5.74) is 0.469. The van der Waals surface area contributed by atoms with Crippen molar-refractivity contribution in [3.05, 3.63) is 42.6 Å². The van der Waals surface area contributed by atoms with Crippen molar-refractivity contribution < 1.29 is 14.3 Å². The summed E-state index contributed by atoms with van der Waals surface area (Å²) in [4.78, 5) is 30.9. The number of hydrogen-bond donors (Lipinski definition) is 1. The summed E-state index contributed by atoms with van der Waals surface area (Å²) in [7, 11) is 1.34. The number of imidazole rings is 1. The van der Waals surface area contributed by atoms with E-state index in [4.69, 9.17) is 0 Å². The largest absolute Gasteiger partial charge is 0.469 e. The molecule has 0 aliphatic rings. The molecule has 2 aromatic rings. The Morgan fingerprint density at radius 3 is 2.86 bits per heavy atom. The molecule has 0 fully saturated rings. The quantitative estimate of drug-likeness (QED) is 0.632. The summed E-state index contributed by atoms with van der Waals surface area (Å²) in [6, 6.07) is 3.43. The van der Waals surface area contributed by atoms with Gasteiger partial charge in [-0.15, -0.1) is 0 Å². The van der Waals surface area contributed by atoms with Gasteiger partial charge in [0.2, 0.25) is 0 Å². The van der Waals surface area contributed by atoms with Gasteiger partial charge in [0.05, 0.1) is 12.7 Å². The van der Waals surface area contributed by atoms with Crippen molar-refractivity contribution in [1.82, 2.24) is 19.9 Å². The van der Waals surface area contributed by atoms with E-state index >= 15 is 0 Å². The summed E-state index contributed by atoms with van der Waals surface area (Å²) in [5.74, 6) is 0.190. The first-order valence-electron chi connectivity index (χ1n) is 6.50. The molecular weight excluding hydrogens is 272 g/mol. The molecule has 0 atom stereocenters. The van der Waals surface area contributed by atoms with Crippen molar-refractivity contribution in [3.8, 4) is 5.82 Å². The van der Waals surface area contributed by atoms with E-state index in [0.717, 1.165) is 0 Å². The molecule has 0 bridgehead atoms. The molecule has 7 nitrogen and oxygen atoms in total. The van der Waals surface area contributed by atoms with Crippen molar-refractivity contribution in [3.63, 3.8) is 0 Å². The van der Waals surface area contributed by atoms with Gasteiger partial charge in [-0.2, -0.15) is 0 Å². The number of hydrogen-bond acceptors (Lipinski definition) is 5. The van der Waals surface area contributed by atoms with E-state index in [1.807, 2.05) is 0 Å². The Bertz CT molecular complexity index is 593. The minimum absolute atomic E-state index is 0.218. The molecule has 1 N–H and O–H groups in total. The maximum Gasteiger partial charge on any atom is 0.305 e. The number of carbonyl (C=O) groups excluding carboxylic acids is 2. The maximum atomic E-state index is 11.9. The second-order valence-corrected chi connectivity index (χ2v) is 4.31. The van der Waals surface area contributed by atoms with Gasteiger partial charge in [-0.25, -0.2) is 9.97 Å². The lowest BCUT2D eigenvalue weighted by molar-refractivity contribution is -0.140. The van der Waals surface area contributed by atoms with Crippen molar-refractivity contribution in [2.24, 2.45) is 0 Å². The number of ether oxygens (including phenoxy) is 1. The highest BCUT2D eigenvalue weighted by Gasteiger charge is 2.07. The van der Waals surface area contributed by atoms with Crippen LogP contribution >= 0.6 is 0 Å². The first kappa shape index (κ1) is 14.7. The lowest BCUT2D eigenvalue weighted by Gasteiger charge is -2.06. The van der Waals surface area contributed by atoms with Crippen molar-refractivity contribution in [1.29, 1.82) is 0 Å². The Balaban J connectivity index is 1.84. The third-order valence-corrected chi connectivity index (χ3v) is 2.85. The monoisotopic (exact) mass is 288 g/mol. The number of carbonyl (C=O) groups is 2. The van der Waals surface area contributed by atoms with E-state index in [1.54, 1.807) is 35.4 Å². The van der Waals surface area contributed by atoms with Gasteiger partial charge >= 0.3 is 5.97 Å². The second kappa shape index (κ2) is 7.18. The topological polar surface area (TPSA) is 86.1 Å². The third kappa shape index (κ3) is 4.13. The molecule has 7 heteroatoms. The smallest absolute Gasteiger partial charge is 0.305 e. The first-order valence-corrected chi connectivity index (χ1v) is 6.50. The van der Waals surface area contributed by atoms with Crippen molar-refractivity contribution in [2.45, 2.75) is 12.8 Å². The number of rotatable bonds is 6. The Labute approximate surface area is 122 Å². The number of methoxy groups -OCH3 is 1. The van der Waals surface area contributed by atoms with Crippen LogP contribution in [0.25, 0.3) is 5.82 Å². The lowest BCUT2D eigenvalue weighted by Crippen LogP contribution is -2.25. The van der Waals surface area contributed by atoms with Gasteiger partial charge in [0.15, 0.2) is 0 Å². The normalized spacial score (nSPS) is 10.1. The molecule has 2 heterocycles. The highest BCUT2D eigenvalue weighted by molar-refractivity contribution is 5.93. The molecule has 2 rings (SSSR count). The molecule has 0 saturated carbocycles. The SMILES string of the molecule is COC(=O)CCCNC(=O)c1ccc(-n2ccnc2)nc1. The zero-order valence-electron chi connectivity index (χ0n) is 11.7. The molecule has 0 radical (unpaired) electrons. The standard InChI is InChI=1S/C14H16N4O3/c1-21-13(19)3-2-6-16-14(20)11-4-5-12(17-9-11)18-8-7-15-10-18/h4-5,7-10H,2-3,6H2,1H3,(H,16,20). The highest BCUT2D eigenvalue weighted by atomic mass is 16.5. The van der Waals surface area contributed by atoms with Crippen LogP contribution in [0, 0.1) is 0 Å². The van der Waals surface area contributed by atoms with Crippen LogP contribution in [0.15, 0.2) is 37.1 Å². The molecule has 0 aliphatic heterocycles. The fourth-order valence-electron chi connectivity index (χ4n) is 1.71.